The maximum absolute atomic E-state index is 12.9. The molecule has 0 aliphatic rings. The molecule has 1 aromatic heterocycles. The van der Waals surface area contributed by atoms with E-state index >= 15 is 0 Å². The van der Waals surface area contributed by atoms with E-state index in [9.17, 15) is 13.2 Å². The summed E-state index contributed by atoms with van der Waals surface area (Å²) < 4.78 is 32.5. The van der Waals surface area contributed by atoms with Gasteiger partial charge in [-0.15, -0.1) is 11.3 Å². The zero-order valence-corrected chi connectivity index (χ0v) is 20.0. The molecule has 0 fully saturated rings. The van der Waals surface area contributed by atoms with Crippen molar-refractivity contribution < 1.29 is 17.9 Å². The van der Waals surface area contributed by atoms with E-state index in [0.717, 1.165) is 18.4 Å². The largest absolute Gasteiger partial charge is 0.497 e. The SMILES string of the molecule is CCCN(CCC)S(=O)(=O)c1ccc(-c2csc(NC(=O)c3ccc(OC)cc3)n2)cc1. The van der Waals surface area contributed by atoms with Crippen LogP contribution in [0.25, 0.3) is 11.3 Å². The second-order valence-corrected chi connectivity index (χ2v) is 9.95. The van der Waals surface area contributed by atoms with Crippen LogP contribution in [-0.2, 0) is 10.0 Å². The summed E-state index contributed by atoms with van der Waals surface area (Å²) in [7, 11) is -1.95. The highest BCUT2D eigenvalue weighted by molar-refractivity contribution is 7.89. The Morgan fingerprint density at radius 3 is 2.22 bits per heavy atom. The molecule has 0 saturated carbocycles. The number of nitrogens with one attached hydrogen (secondary N) is 1. The van der Waals surface area contributed by atoms with Gasteiger partial charge >= 0.3 is 0 Å². The summed E-state index contributed by atoms with van der Waals surface area (Å²) in [6.07, 6.45) is 1.53. The molecule has 32 heavy (non-hydrogen) atoms. The van der Waals surface area contributed by atoms with Gasteiger partial charge in [0.1, 0.15) is 5.75 Å². The number of carbonyl (C=O) groups is 1. The second kappa shape index (κ2) is 10.7. The van der Waals surface area contributed by atoms with Gasteiger partial charge in [-0.05, 0) is 49.2 Å². The first kappa shape index (κ1) is 23.9. The van der Waals surface area contributed by atoms with E-state index in [2.05, 4.69) is 10.3 Å². The van der Waals surface area contributed by atoms with E-state index in [1.54, 1.807) is 55.6 Å². The molecule has 0 unspecified atom stereocenters. The number of carbonyl (C=O) groups excluding carboxylic acids is 1. The van der Waals surface area contributed by atoms with Crippen LogP contribution in [0.2, 0.25) is 0 Å². The van der Waals surface area contributed by atoms with Crippen LogP contribution in [0.1, 0.15) is 37.0 Å². The Morgan fingerprint density at radius 2 is 1.66 bits per heavy atom. The number of aromatic nitrogens is 1. The molecule has 1 amide bonds. The fraction of sp³-hybridized carbons (Fsp3) is 0.304. The smallest absolute Gasteiger partial charge is 0.257 e. The Bertz CT molecular complexity index is 1130. The number of ether oxygens (including phenoxy) is 1. The van der Waals surface area contributed by atoms with E-state index in [-0.39, 0.29) is 10.8 Å². The monoisotopic (exact) mass is 473 g/mol. The lowest BCUT2D eigenvalue weighted by Gasteiger charge is -2.21. The Kier molecular flexibility index (Phi) is 8.00. The molecule has 7 nitrogen and oxygen atoms in total. The van der Waals surface area contributed by atoms with E-state index in [1.807, 2.05) is 19.2 Å². The molecule has 0 atom stereocenters. The van der Waals surface area contributed by atoms with Crippen LogP contribution < -0.4 is 10.1 Å². The Hall–Kier alpha value is -2.75. The van der Waals surface area contributed by atoms with Crippen molar-refractivity contribution in [3.8, 4) is 17.0 Å². The molecule has 9 heteroatoms. The van der Waals surface area contributed by atoms with Gasteiger partial charge in [0.2, 0.25) is 10.0 Å². The maximum Gasteiger partial charge on any atom is 0.257 e. The fourth-order valence-corrected chi connectivity index (χ4v) is 5.51. The first-order valence-corrected chi connectivity index (χ1v) is 12.7. The van der Waals surface area contributed by atoms with Crippen molar-refractivity contribution in [2.24, 2.45) is 0 Å². The second-order valence-electron chi connectivity index (χ2n) is 7.15. The van der Waals surface area contributed by atoms with Gasteiger partial charge in [0.05, 0.1) is 17.7 Å². The normalized spacial score (nSPS) is 11.5. The topological polar surface area (TPSA) is 88.6 Å². The van der Waals surface area contributed by atoms with Crippen molar-refractivity contribution in [2.45, 2.75) is 31.6 Å². The lowest BCUT2D eigenvalue weighted by atomic mass is 10.2. The number of benzene rings is 2. The molecule has 0 spiro atoms. The van der Waals surface area contributed by atoms with Crippen molar-refractivity contribution in [3.63, 3.8) is 0 Å². The predicted molar refractivity (Wildman–Crippen MR) is 128 cm³/mol. The third-order valence-electron chi connectivity index (χ3n) is 4.81. The summed E-state index contributed by atoms with van der Waals surface area (Å²) in [4.78, 5) is 17.2. The molecule has 2 aromatic carbocycles. The average Bonchev–Trinajstić information content (AvgIpc) is 3.27. The molecule has 3 aromatic rings. The first-order chi connectivity index (χ1) is 15.4. The first-order valence-electron chi connectivity index (χ1n) is 10.4. The number of amides is 1. The van der Waals surface area contributed by atoms with Crippen molar-refractivity contribution >= 4 is 32.4 Å². The summed E-state index contributed by atoms with van der Waals surface area (Å²) in [5.74, 6) is 0.415. The molecular weight excluding hydrogens is 446 g/mol. The van der Waals surface area contributed by atoms with E-state index < -0.39 is 10.0 Å². The summed E-state index contributed by atoms with van der Waals surface area (Å²) in [5.41, 5.74) is 1.95. The van der Waals surface area contributed by atoms with E-state index in [4.69, 9.17) is 4.74 Å². The maximum atomic E-state index is 12.9. The lowest BCUT2D eigenvalue weighted by molar-refractivity contribution is 0.102. The van der Waals surface area contributed by atoms with Gasteiger partial charge < -0.3 is 4.74 Å². The van der Waals surface area contributed by atoms with Gasteiger partial charge in [-0.2, -0.15) is 4.31 Å². The highest BCUT2D eigenvalue weighted by Gasteiger charge is 2.23. The number of hydrogen-bond acceptors (Lipinski definition) is 6. The zero-order chi connectivity index (χ0) is 23.1. The number of rotatable bonds is 10. The molecule has 1 heterocycles. The molecule has 1 N–H and O–H groups in total. The van der Waals surface area contributed by atoms with Gasteiger partial charge in [-0.3, -0.25) is 10.1 Å². The van der Waals surface area contributed by atoms with Crippen LogP contribution >= 0.6 is 11.3 Å². The quantitative estimate of drug-likeness (QED) is 0.453. The summed E-state index contributed by atoms with van der Waals surface area (Å²) >= 11 is 1.31. The molecule has 0 bridgehead atoms. The minimum atomic E-state index is -3.52. The zero-order valence-electron chi connectivity index (χ0n) is 18.4. The van der Waals surface area contributed by atoms with Gasteiger partial charge in [-0.25, -0.2) is 13.4 Å². The standard InChI is InChI=1S/C23H27N3O4S2/c1-4-14-26(15-5-2)32(28,29)20-12-8-17(9-13-20)21-16-31-23(24-21)25-22(27)18-6-10-19(30-3)11-7-18/h6-13,16H,4-5,14-15H2,1-3H3,(H,24,25,27). The third-order valence-corrected chi connectivity index (χ3v) is 7.48. The lowest BCUT2D eigenvalue weighted by Crippen LogP contribution is -2.32. The summed E-state index contributed by atoms with van der Waals surface area (Å²) in [5, 5.41) is 5.08. The van der Waals surface area contributed by atoms with Gasteiger partial charge in [-0.1, -0.05) is 26.0 Å². The molecule has 0 aliphatic carbocycles. The molecule has 3 rings (SSSR count). The van der Waals surface area contributed by atoms with Crippen LogP contribution in [0.3, 0.4) is 0 Å². The number of nitrogens with zero attached hydrogens (tertiary/aromatic N) is 2. The number of methoxy groups -OCH3 is 1. The van der Waals surface area contributed by atoms with Crippen molar-refractivity contribution in [1.82, 2.24) is 9.29 Å². The van der Waals surface area contributed by atoms with Crippen LogP contribution in [0.4, 0.5) is 5.13 Å². The van der Waals surface area contributed by atoms with Crippen LogP contribution in [0, 0.1) is 0 Å². The van der Waals surface area contributed by atoms with Crippen molar-refractivity contribution in [3.05, 3.63) is 59.5 Å². The number of hydrogen-bond donors (Lipinski definition) is 1. The third kappa shape index (κ3) is 5.53. The average molecular weight is 474 g/mol. The Labute approximate surface area is 193 Å². The highest BCUT2D eigenvalue weighted by Crippen LogP contribution is 2.27. The molecule has 0 saturated heterocycles. The predicted octanol–water partition coefficient (Wildman–Crippen LogP) is 4.88. The number of anilines is 1. The number of thiazole rings is 1. The molecule has 0 radical (unpaired) electrons. The van der Waals surface area contributed by atoms with Crippen molar-refractivity contribution in [1.29, 1.82) is 0 Å². The van der Waals surface area contributed by atoms with Crippen LogP contribution in [0.5, 0.6) is 5.75 Å². The minimum absolute atomic E-state index is 0.262. The molecular formula is C23H27N3O4S2. The highest BCUT2D eigenvalue weighted by atomic mass is 32.2. The van der Waals surface area contributed by atoms with Gasteiger partial charge in [0.25, 0.3) is 5.91 Å². The summed E-state index contributed by atoms with van der Waals surface area (Å²) in [6.45, 7) is 4.94. The van der Waals surface area contributed by atoms with E-state index in [0.29, 0.717) is 35.2 Å². The summed E-state index contributed by atoms with van der Waals surface area (Å²) in [6, 6.07) is 13.5. The number of sulfonamides is 1. The van der Waals surface area contributed by atoms with Crippen LogP contribution in [0.15, 0.2) is 58.8 Å². The van der Waals surface area contributed by atoms with E-state index in [1.165, 1.54) is 15.6 Å². The molecule has 170 valence electrons. The van der Waals surface area contributed by atoms with Gasteiger partial charge in [0.15, 0.2) is 5.13 Å². The Morgan fingerprint density at radius 1 is 1.03 bits per heavy atom. The molecule has 0 aliphatic heterocycles. The van der Waals surface area contributed by atoms with Crippen molar-refractivity contribution in [2.75, 3.05) is 25.5 Å². The Balaban J connectivity index is 1.72. The van der Waals surface area contributed by atoms with Gasteiger partial charge in [0, 0.05) is 29.6 Å². The minimum Gasteiger partial charge on any atom is -0.497 e. The fourth-order valence-electron chi connectivity index (χ4n) is 3.17. The van der Waals surface area contributed by atoms with Crippen LogP contribution in [-0.4, -0.2) is 43.8 Å².